The van der Waals surface area contributed by atoms with E-state index in [0.717, 1.165) is 66.4 Å². The third-order valence-electron chi connectivity index (χ3n) is 12.8. The molecule has 0 N–H and O–H groups in total. The molecule has 0 bridgehead atoms. The first-order chi connectivity index (χ1) is 30.7. The van der Waals surface area contributed by atoms with E-state index in [1.807, 2.05) is 0 Å². The third kappa shape index (κ3) is 5.28. The van der Waals surface area contributed by atoms with Gasteiger partial charge in [0.05, 0.1) is 22.6 Å². The quantitative estimate of drug-likeness (QED) is 0.167. The van der Waals surface area contributed by atoms with Gasteiger partial charge in [-0.05, 0) is 88.9 Å². The number of hydrogen-bond donors (Lipinski definition) is 0. The average Bonchev–Trinajstić information content (AvgIpc) is 3.35. The minimum absolute atomic E-state index is 0.696. The van der Waals surface area contributed by atoms with Crippen molar-refractivity contribution in [2.24, 2.45) is 0 Å². The van der Waals surface area contributed by atoms with Crippen molar-refractivity contribution in [1.29, 1.82) is 0 Å². The number of hydrogen-bond acceptors (Lipinski definition) is 3. The van der Waals surface area contributed by atoms with E-state index in [2.05, 4.69) is 212 Å². The second-order valence-electron chi connectivity index (χ2n) is 16.2. The second-order valence-corrected chi connectivity index (χ2v) is 16.2. The van der Waals surface area contributed by atoms with Gasteiger partial charge in [0.15, 0.2) is 5.82 Å². The molecule has 0 amide bonds. The van der Waals surface area contributed by atoms with Gasteiger partial charge < -0.3 is 0 Å². The Hall–Kier alpha value is -8.27. The average molecular weight is 786 g/mol. The maximum Gasteiger partial charge on any atom is 0.161 e. The van der Waals surface area contributed by atoms with Crippen molar-refractivity contribution >= 4 is 86.3 Å². The summed E-state index contributed by atoms with van der Waals surface area (Å²) in [6.45, 7) is 0. The molecule has 0 atom stereocenters. The third-order valence-corrected chi connectivity index (χ3v) is 12.8. The Kier molecular flexibility index (Phi) is 7.60. The molecule has 0 saturated carbocycles. The largest absolute Gasteiger partial charge is 0.247 e. The summed E-state index contributed by atoms with van der Waals surface area (Å²) in [7, 11) is 0. The second kappa shape index (κ2) is 13.6. The molecular weight excluding hydrogens is 751 g/mol. The number of benzene rings is 11. The van der Waals surface area contributed by atoms with E-state index in [1.165, 1.54) is 59.2 Å². The van der Waals surface area contributed by atoms with Crippen LogP contribution >= 0.6 is 0 Å². The summed E-state index contributed by atoms with van der Waals surface area (Å²) in [5.74, 6) is 0.696. The monoisotopic (exact) mass is 785 g/mol. The molecule has 0 aliphatic heterocycles. The van der Waals surface area contributed by atoms with Crippen LogP contribution < -0.4 is 0 Å². The van der Waals surface area contributed by atoms with Gasteiger partial charge in [-0.25, -0.2) is 15.0 Å². The number of fused-ring (bicyclic) bond motifs is 14. The molecule has 2 aromatic heterocycles. The predicted octanol–water partition coefficient (Wildman–Crippen LogP) is 15.8. The fourth-order valence-electron chi connectivity index (χ4n) is 9.99. The number of para-hydroxylation sites is 1. The molecule has 62 heavy (non-hydrogen) atoms. The van der Waals surface area contributed by atoms with Crippen LogP contribution in [0, 0.1) is 0 Å². The highest BCUT2D eigenvalue weighted by Gasteiger charge is 2.20. The lowest BCUT2D eigenvalue weighted by atomic mass is 9.90. The van der Waals surface area contributed by atoms with E-state index >= 15 is 0 Å². The highest BCUT2D eigenvalue weighted by atomic mass is 14.9. The molecule has 3 heteroatoms. The van der Waals surface area contributed by atoms with Gasteiger partial charge in [0.1, 0.15) is 0 Å². The predicted molar refractivity (Wildman–Crippen MR) is 262 cm³/mol. The zero-order chi connectivity index (χ0) is 40.7. The van der Waals surface area contributed by atoms with Crippen molar-refractivity contribution in [1.82, 2.24) is 15.0 Å². The van der Waals surface area contributed by atoms with Gasteiger partial charge in [-0.3, -0.25) is 0 Å². The molecule has 0 spiro atoms. The van der Waals surface area contributed by atoms with Crippen LogP contribution in [0.1, 0.15) is 0 Å². The number of aromatic nitrogens is 3. The zero-order valence-corrected chi connectivity index (χ0v) is 33.5. The smallest absolute Gasteiger partial charge is 0.161 e. The molecule has 2 heterocycles. The van der Waals surface area contributed by atoms with Crippen molar-refractivity contribution in [3.8, 4) is 45.2 Å². The first kappa shape index (κ1) is 34.6. The van der Waals surface area contributed by atoms with E-state index < -0.39 is 0 Å². The highest BCUT2D eigenvalue weighted by molar-refractivity contribution is 6.33. The van der Waals surface area contributed by atoms with Crippen LogP contribution in [-0.2, 0) is 0 Å². The molecule has 13 aromatic rings. The van der Waals surface area contributed by atoms with E-state index in [4.69, 9.17) is 15.0 Å². The Balaban J connectivity index is 1.06. The van der Waals surface area contributed by atoms with Gasteiger partial charge in [0.25, 0.3) is 0 Å². The van der Waals surface area contributed by atoms with Crippen molar-refractivity contribution in [3.05, 3.63) is 212 Å². The molecule has 0 saturated heterocycles. The van der Waals surface area contributed by atoms with Crippen LogP contribution in [0.4, 0.5) is 0 Å². The summed E-state index contributed by atoms with van der Waals surface area (Å²) in [6, 6.07) is 76.2. The van der Waals surface area contributed by atoms with Gasteiger partial charge >= 0.3 is 0 Å². The van der Waals surface area contributed by atoms with E-state index in [0.29, 0.717) is 5.82 Å². The molecule has 0 unspecified atom stereocenters. The number of nitrogens with zero attached hydrogens (tertiary/aromatic N) is 3. The first-order valence-corrected chi connectivity index (χ1v) is 21.2. The van der Waals surface area contributed by atoms with Gasteiger partial charge in [0, 0.05) is 38.4 Å². The maximum absolute atomic E-state index is 5.47. The van der Waals surface area contributed by atoms with Crippen LogP contribution in [0.25, 0.3) is 131 Å². The topological polar surface area (TPSA) is 38.7 Å². The normalized spacial score (nSPS) is 11.9. The van der Waals surface area contributed by atoms with E-state index in [1.54, 1.807) is 0 Å². The molecule has 286 valence electrons. The SMILES string of the molecule is c1ccc2c(c1)cc(-c1cc(-c3ccc(-c4nc5ccccc5c5c6ccccc6c6ccccc6c45)cc3)nc(-c3cc4ccccc4c4ccccc34)n1)c1ccccc12. The number of rotatable bonds is 4. The molecule has 11 aromatic carbocycles. The molecule has 0 aliphatic carbocycles. The summed E-state index contributed by atoms with van der Waals surface area (Å²) in [5, 5.41) is 18.0. The Labute approximate surface area is 357 Å². The van der Waals surface area contributed by atoms with Crippen LogP contribution in [0.2, 0.25) is 0 Å². The minimum atomic E-state index is 0.696. The van der Waals surface area contributed by atoms with Crippen LogP contribution in [0.5, 0.6) is 0 Å². The molecular formula is C59H35N3. The molecule has 0 aliphatic rings. The van der Waals surface area contributed by atoms with Crippen LogP contribution in [0.3, 0.4) is 0 Å². The van der Waals surface area contributed by atoms with Crippen molar-refractivity contribution in [3.63, 3.8) is 0 Å². The standard InChI is InChI=1S/C59H35N3/c1-3-17-40-38(15-1)33-51(46-23-7-5-19-42(40)46)55-35-54(61-59(62-55)52-34-39-16-2-4-18-41(39)43-20-6-8-24-47(43)52)36-29-31-37(32-30-36)58-57-49-26-12-10-22-45(49)44-21-9-11-25-48(44)56(57)50-27-13-14-28-53(50)60-58/h1-35H. The Morgan fingerprint density at radius 1 is 0.258 bits per heavy atom. The molecule has 3 nitrogen and oxygen atoms in total. The number of pyridine rings is 1. The zero-order valence-electron chi connectivity index (χ0n) is 33.5. The Bertz CT molecular complexity index is 3840. The molecule has 13 rings (SSSR count). The summed E-state index contributed by atoms with van der Waals surface area (Å²) >= 11 is 0. The van der Waals surface area contributed by atoms with E-state index in [-0.39, 0.29) is 0 Å². The summed E-state index contributed by atoms with van der Waals surface area (Å²) in [4.78, 5) is 16.3. The van der Waals surface area contributed by atoms with Gasteiger partial charge in [-0.1, -0.05) is 188 Å². The lowest BCUT2D eigenvalue weighted by Gasteiger charge is -2.17. The lowest BCUT2D eigenvalue weighted by Crippen LogP contribution is -1.98. The van der Waals surface area contributed by atoms with Crippen LogP contribution in [0.15, 0.2) is 212 Å². The van der Waals surface area contributed by atoms with Crippen molar-refractivity contribution in [2.45, 2.75) is 0 Å². The summed E-state index contributed by atoms with van der Waals surface area (Å²) in [5.41, 5.74) is 7.85. The van der Waals surface area contributed by atoms with E-state index in [9.17, 15) is 0 Å². The Morgan fingerprint density at radius 3 is 1.29 bits per heavy atom. The van der Waals surface area contributed by atoms with Crippen LogP contribution in [-0.4, -0.2) is 15.0 Å². The van der Waals surface area contributed by atoms with Gasteiger partial charge in [0.2, 0.25) is 0 Å². The maximum atomic E-state index is 5.47. The summed E-state index contributed by atoms with van der Waals surface area (Å²) < 4.78 is 0. The Morgan fingerprint density at radius 2 is 0.677 bits per heavy atom. The van der Waals surface area contributed by atoms with Crippen molar-refractivity contribution in [2.75, 3.05) is 0 Å². The molecule has 0 fully saturated rings. The lowest BCUT2D eigenvalue weighted by molar-refractivity contribution is 1.19. The van der Waals surface area contributed by atoms with Gasteiger partial charge in [-0.15, -0.1) is 0 Å². The fourth-order valence-corrected chi connectivity index (χ4v) is 9.99. The highest BCUT2D eigenvalue weighted by Crippen LogP contribution is 2.44. The molecule has 0 radical (unpaired) electrons. The minimum Gasteiger partial charge on any atom is -0.247 e. The van der Waals surface area contributed by atoms with Crippen molar-refractivity contribution < 1.29 is 0 Å². The van der Waals surface area contributed by atoms with Gasteiger partial charge in [-0.2, -0.15) is 0 Å². The fraction of sp³-hybridized carbons (Fsp3) is 0. The summed E-state index contributed by atoms with van der Waals surface area (Å²) in [6.07, 6.45) is 0. The first-order valence-electron chi connectivity index (χ1n) is 21.2.